The Morgan fingerprint density at radius 3 is 2.56 bits per heavy atom. The standard InChI is InChI=1S/C32H44N2O5/c1-20(2)28(33)29(35)37-16-17-38-30(36)39-23-11-13-31(3)22(18-23)7-8-24-26-10-9-25(21-6-5-15-34-19-21)32(26,4)14-12-27(24)31/h5-7,9,15,19-20,23-24,26-28H,8,10-14,16-18,33H2,1-4H3/t23-,24-,26-,27-,28-,31-,32+/m0/s1. The quantitative estimate of drug-likeness (QED) is 0.256. The Morgan fingerprint density at radius 1 is 1.05 bits per heavy atom. The average Bonchev–Trinajstić information content (AvgIpc) is 3.28. The SMILES string of the molecule is CC(C)[C@H](N)C(=O)OCCOC(=O)O[C@H]1CC[C@@]2(C)C(=CC[C@@H]3[C@@H]2CC[C@]2(C)C(c4cccnc4)=CC[C@@H]32)C1. The molecule has 2 N–H and O–H groups in total. The van der Waals surface area contributed by atoms with Crippen LogP contribution in [0, 0.1) is 34.5 Å². The Balaban J connectivity index is 1.16. The van der Waals surface area contributed by atoms with E-state index in [1.165, 1.54) is 29.6 Å². The molecule has 2 fully saturated rings. The van der Waals surface area contributed by atoms with E-state index in [0.717, 1.165) is 32.1 Å². The van der Waals surface area contributed by atoms with Gasteiger partial charge in [-0.05, 0) is 90.2 Å². The maximum atomic E-state index is 12.3. The molecular formula is C32H44N2O5. The van der Waals surface area contributed by atoms with Gasteiger partial charge in [-0.25, -0.2) is 4.79 Å². The maximum absolute atomic E-state index is 12.3. The molecule has 0 amide bonds. The minimum Gasteiger partial charge on any atom is -0.461 e. The van der Waals surface area contributed by atoms with Crippen molar-refractivity contribution in [2.24, 2.45) is 40.2 Å². The number of rotatable bonds is 7. The Labute approximate surface area is 232 Å². The molecule has 0 aromatic carbocycles. The normalized spacial score (nSPS) is 34.1. The van der Waals surface area contributed by atoms with Gasteiger partial charge in [0, 0.05) is 18.8 Å². The van der Waals surface area contributed by atoms with Gasteiger partial charge in [0.1, 0.15) is 25.4 Å². The van der Waals surface area contributed by atoms with Crippen molar-refractivity contribution in [3.63, 3.8) is 0 Å². The number of allylic oxidation sites excluding steroid dienone is 3. The molecule has 5 rings (SSSR count). The molecule has 1 aromatic heterocycles. The largest absolute Gasteiger partial charge is 0.508 e. The summed E-state index contributed by atoms with van der Waals surface area (Å²) in [6.45, 7) is 8.58. The lowest BCUT2D eigenvalue weighted by Gasteiger charge is -2.57. The van der Waals surface area contributed by atoms with Gasteiger partial charge < -0.3 is 19.9 Å². The van der Waals surface area contributed by atoms with Crippen LogP contribution in [0.4, 0.5) is 4.79 Å². The fourth-order valence-electron chi connectivity index (χ4n) is 8.07. The molecule has 2 saturated carbocycles. The highest BCUT2D eigenvalue weighted by Crippen LogP contribution is 2.66. The summed E-state index contributed by atoms with van der Waals surface area (Å²) in [6, 6.07) is 3.58. The number of aromatic nitrogens is 1. The molecule has 39 heavy (non-hydrogen) atoms. The van der Waals surface area contributed by atoms with Gasteiger partial charge >= 0.3 is 12.1 Å². The molecule has 1 aromatic rings. The summed E-state index contributed by atoms with van der Waals surface area (Å²) in [5.74, 6) is 1.51. The molecule has 0 saturated heterocycles. The maximum Gasteiger partial charge on any atom is 0.508 e. The lowest BCUT2D eigenvalue weighted by Crippen LogP contribution is -2.50. The van der Waals surface area contributed by atoms with Crippen LogP contribution in [0.1, 0.15) is 78.2 Å². The second-order valence-corrected chi connectivity index (χ2v) is 12.8. The first-order valence-electron chi connectivity index (χ1n) is 14.7. The highest BCUT2D eigenvalue weighted by Gasteiger charge is 2.57. The van der Waals surface area contributed by atoms with Gasteiger partial charge in [-0.2, -0.15) is 0 Å². The van der Waals surface area contributed by atoms with Crippen molar-refractivity contribution in [3.8, 4) is 0 Å². The highest BCUT2D eigenvalue weighted by atomic mass is 16.7. The van der Waals surface area contributed by atoms with Crippen LogP contribution in [-0.2, 0) is 19.0 Å². The fourth-order valence-corrected chi connectivity index (χ4v) is 8.07. The van der Waals surface area contributed by atoms with Crippen molar-refractivity contribution in [3.05, 3.63) is 47.8 Å². The van der Waals surface area contributed by atoms with Gasteiger partial charge in [-0.15, -0.1) is 0 Å². The van der Waals surface area contributed by atoms with E-state index in [4.69, 9.17) is 19.9 Å². The van der Waals surface area contributed by atoms with E-state index >= 15 is 0 Å². The van der Waals surface area contributed by atoms with Crippen molar-refractivity contribution < 1.29 is 23.8 Å². The number of pyridine rings is 1. The second-order valence-electron chi connectivity index (χ2n) is 12.8. The Hall–Kier alpha value is -2.67. The lowest BCUT2D eigenvalue weighted by molar-refractivity contribution is -0.147. The zero-order chi connectivity index (χ0) is 27.8. The molecule has 4 aliphatic rings. The molecule has 0 bridgehead atoms. The number of fused-ring (bicyclic) bond motifs is 5. The van der Waals surface area contributed by atoms with Crippen LogP contribution < -0.4 is 5.73 Å². The number of esters is 1. The van der Waals surface area contributed by atoms with E-state index in [1.807, 2.05) is 32.3 Å². The van der Waals surface area contributed by atoms with Crippen LogP contribution in [0.15, 0.2) is 42.3 Å². The zero-order valence-corrected chi connectivity index (χ0v) is 23.9. The summed E-state index contributed by atoms with van der Waals surface area (Å²) < 4.78 is 16.0. The number of nitrogens with two attached hydrogens (primary N) is 1. The fraction of sp³-hybridized carbons (Fsp3) is 0.656. The molecule has 4 aliphatic carbocycles. The summed E-state index contributed by atoms with van der Waals surface area (Å²) in [6.07, 6.45) is 15.3. The first-order valence-corrected chi connectivity index (χ1v) is 14.7. The van der Waals surface area contributed by atoms with Crippen molar-refractivity contribution in [2.45, 2.75) is 84.8 Å². The van der Waals surface area contributed by atoms with Gasteiger partial charge in [0.15, 0.2) is 0 Å². The molecular weight excluding hydrogens is 492 g/mol. The topological polar surface area (TPSA) is 101 Å². The third-order valence-electron chi connectivity index (χ3n) is 10.4. The summed E-state index contributed by atoms with van der Waals surface area (Å²) in [5.41, 5.74) is 10.4. The highest BCUT2D eigenvalue weighted by molar-refractivity contribution is 5.75. The van der Waals surface area contributed by atoms with E-state index in [2.05, 4.69) is 37.0 Å². The summed E-state index contributed by atoms with van der Waals surface area (Å²) in [4.78, 5) is 28.6. The van der Waals surface area contributed by atoms with Gasteiger partial charge in [-0.1, -0.05) is 51.5 Å². The number of carbonyl (C=O) groups is 2. The van der Waals surface area contributed by atoms with E-state index < -0.39 is 18.2 Å². The summed E-state index contributed by atoms with van der Waals surface area (Å²) in [5, 5.41) is 0. The van der Waals surface area contributed by atoms with Crippen LogP contribution in [0.5, 0.6) is 0 Å². The molecule has 7 nitrogen and oxygen atoms in total. The van der Waals surface area contributed by atoms with Crippen molar-refractivity contribution in [1.29, 1.82) is 0 Å². The third-order valence-corrected chi connectivity index (χ3v) is 10.4. The first kappa shape index (κ1) is 27.9. The van der Waals surface area contributed by atoms with Crippen LogP contribution >= 0.6 is 0 Å². The van der Waals surface area contributed by atoms with Crippen molar-refractivity contribution in [1.82, 2.24) is 4.98 Å². The van der Waals surface area contributed by atoms with Crippen LogP contribution in [-0.4, -0.2) is 42.5 Å². The average molecular weight is 537 g/mol. The Morgan fingerprint density at radius 2 is 1.82 bits per heavy atom. The van der Waals surface area contributed by atoms with E-state index in [-0.39, 0.29) is 36.1 Å². The van der Waals surface area contributed by atoms with Gasteiger partial charge in [0.05, 0.1) is 0 Å². The predicted octanol–water partition coefficient (Wildman–Crippen LogP) is 6.09. The number of hydrogen-bond donors (Lipinski definition) is 1. The monoisotopic (exact) mass is 536 g/mol. The minimum absolute atomic E-state index is 0.0120. The van der Waals surface area contributed by atoms with Crippen LogP contribution in [0.25, 0.3) is 5.57 Å². The molecule has 0 aliphatic heterocycles. The number of carbonyl (C=O) groups excluding carboxylic acids is 2. The lowest BCUT2D eigenvalue weighted by atomic mass is 9.47. The Bertz CT molecular complexity index is 1130. The molecule has 1 heterocycles. The van der Waals surface area contributed by atoms with Gasteiger partial charge in [-0.3, -0.25) is 9.78 Å². The van der Waals surface area contributed by atoms with Gasteiger partial charge in [0.2, 0.25) is 0 Å². The summed E-state index contributed by atoms with van der Waals surface area (Å²) >= 11 is 0. The van der Waals surface area contributed by atoms with Crippen molar-refractivity contribution in [2.75, 3.05) is 13.2 Å². The number of ether oxygens (including phenoxy) is 3. The van der Waals surface area contributed by atoms with E-state index in [1.54, 1.807) is 0 Å². The molecule has 212 valence electrons. The Kier molecular flexibility index (Phi) is 7.91. The zero-order valence-electron chi connectivity index (χ0n) is 23.9. The smallest absolute Gasteiger partial charge is 0.461 e. The molecule has 7 heteroatoms. The molecule has 0 spiro atoms. The molecule has 0 unspecified atom stereocenters. The molecule has 0 radical (unpaired) electrons. The summed E-state index contributed by atoms with van der Waals surface area (Å²) in [7, 11) is 0. The van der Waals surface area contributed by atoms with E-state index in [0.29, 0.717) is 17.8 Å². The third kappa shape index (κ3) is 5.27. The first-order chi connectivity index (χ1) is 18.6. The van der Waals surface area contributed by atoms with Crippen LogP contribution in [0.2, 0.25) is 0 Å². The molecule has 7 atom stereocenters. The van der Waals surface area contributed by atoms with Crippen LogP contribution in [0.3, 0.4) is 0 Å². The second kappa shape index (κ2) is 11.1. The van der Waals surface area contributed by atoms with E-state index in [9.17, 15) is 9.59 Å². The number of hydrogen-bond acceptors (Lipinski definition) is 7. The van der Waals surface area contributed by atoms with Gasteiger partial charge in [0.25, 0.3) is 0 Å². The van der Waals surface area contributed by atoms with Crippen molar-refractivity contribution >= 4 is 17.7 Å². The minimum atomic E-state index is -0.699. The predicted molar refractivity (Wildman–Crippen MR) is 149 cm³/mol. The number of nitrogens with zero attached hydrogens (tertiary/aromatic N) is 1.